The van der Waals surface area contributed by atoms with Crippen molar-refractivity contribution in [2.75, 3.05) is 105 Å². The molecule has 15 nitrogen and oxygen atoms in total. The summed E-state index contributed by atoms with van der Waals surface area (Å²) in [5.74, 6) is 0.368. The number of methoxy groups -OCH3 is 2. The second-order valence-electron chi connectivity index (χ2n) is 12.9. The van der Waals surface area contributed by atoms with Crippen molar-refractivity contribution in [3.8, 4) is 0 Å². The summed E-state index contributed by atoms with van der Waals surface area (Å²) >= 11 is 1.66. The molecule has 2 aromatic rings. The molecule has 1 saturated heterocycles. The van der Waals surface area contributed by atoms with Crippen LogP contribution < -0.4 is 5.32 Å². The quantitative estimate of drug-likeness (QED) is 0.203. The number of carbonyl (C=O) groups is 3. The molecule has 2 aromatic heterocycles. The molecule has 290 valence electrons. The summed E-state index contributed by atoms with van der Waals surface area (Å²) in [7, 11) is 2.67. The van der Waals surface area contributed by atoms with E-state index < -0.39 is 23.6 Å². The number of esters is 2. The fraction of sp³-hybridized carbons (Fsp3) is 0.639. The average molecular weight is 750 g/mol. The Balaban J connectivity index is 1.63. The van der Waals surface area contributed by atoms with Crippen LogP contribution in [0.3, 0.4) is 0 Å². The van der Waals surface area contributed by atoms with Crippen molar-refractivity contribution in [1.29, 1.82) is 0 Å². The fourth-order valence-corrected chi connectivity index (χ4v) is 5.80. The Labute approximate surface area is 311 Å². The number of aromatic nitrogens is 2. The molecule has 3 heterocycles. The molecule has 0 radical (unpaired) electrons. The van der Waals surface area contributed by atoms with Gasteiger partial charge in [-0.1, -0.05) is 12.1 Å². The van der Waals surface area contributed by atoms with Gasteiger partial charge in [0, 0.05) is 57.3 Å². The van der Waals surface area contributed by atoms with Gasteiger partial charge in [0.1, 0.15) is 17.0 Å². The molecule has 16 heteroatoms. The van der Waals surface area contributed by atoms with Gasteiger partial charge in [-0.3, -0.25) is 9.80 Å². The molecule has 1 atom stereocenters. The molecule has 0 saturated carbocycles. The minimum Gasteiger partial charge on any atom is -0.464 e. The summed E-state index contributed by atoms with van der Waals surface area (Å²) in [4.78, 5) is 49.4. The van der Waals surface area contributed by atoms with Crippen LogP contribution in [0.4, 0.5) is 4.79 Å². The van der Waals surface area contributed by atoms with Gasteiger partial charge >= 0.3 is 18.0 Å². The first-order valence-electron chi connectivity index (χ1n) is 17.5. The third-order valence-corrected chi connectivity index (χ3v) is 8.58. The second kappa shape index (κ2) is 24.0. The van der Waals surface area contributed by atoms with Crippen LogP contribution >= 0.6 is 11.8 Å². The van der Waals surface area contributed by atoms with Crippen LogP contribution in [0, 0.1) is 0 Å². The fourth-order valence-electron chi connectivity index (χ4n) is 4.93. The highest BCUT2D eigenvalue weighted by molar-refractivity contribution is 7.99. The molecule has 0 unspecified atom stereocenters. The SMILES string of the molecule is COC(=O)c1cccc(CN2CCOCCOCCN(Cc3cccc(C(=O)OC)n3)CCO[C@H](CSCCNC(=O)OC(C)(C)C)COCC2)n1. The monoisotopic (exact) mass is 749 g/mol. The molecule has 52 heavy (non-hydrogen) atoms. The van der Waals surface area contributed by atoms with E-state index in [4.69, 9.17) is 33.2 Å². The summed E-state index contributed by atoms with van der Waals surface area (Å²) in [6.07, 6.45) is -0.652. The highest BCUT2D eigenvalue weighted by atomic mass is 32.2. The summed E-state index contributed by atoms with van der Waals surface area (Å²) in [5, 5.41) is 2.79. The number of nitrogens with zero attached hydrogens (tertiary/aromatic N) is 4. The zero-order valence-electron chi connectivity index (χ0n) is 31.1. The minimum atomic E-state index is -0.559. The van der Waals surface area contributed by atoms with Crippen molar-refractivity contribution >= 4 is 29.8 Å². The molecule has 3 rings (SSSR count). The van der Waals surface area contributed by atoms with E-state index in [9.17, 15) is 14.4 Å². The predicted molar refractivity (Wildman–Crippen MR) is 195 cm³/mol. The highest BCUT2D eigenvalue weighted by Crippen LogP contribution is 2.11. The number of amides is 1. The molecule has 1 aliphatic rings. The lowest BCUT2D eigenvalue weighted by molar-refractivity contribution is -0.0238. The van der Waals surface area contributed by atoms with E-state index in [-0.39, 0.29) is 17.5 Å². The van der Waals surface area contributed by atoms with Gasteiger partial charge in [0.2, 0.25) is 0 Å². The van der Waals surface area contributed by atoms with E-state index in [1.165, 1.54) is 14.2 Å². The maximum Gasteiger partial charge on any atom is 0.407 e. The van der Waals surface area contributed by atoms with E-state index in [0.717, 1.165) is 11.4 Å². The van der Waals surface area contributed by atoms with E-state index in [0.29, 0.717) is 104 Å². The topological polar surface area (TPSA) is 160 Å². The van der Waals surface area contributed by atoms with E-state index >= 15 is 0 Å². The third-order valence-electron chi connectivity index (χ3n) is 7.48. The number of carbonyl (C=O) groups excluding carboxylic acids is 3. The first-order chi connectivity index (χ1) is 25.1. The molecular weight excluding hydrogens is 694 g/mol. The van der Waals surface area contributed by atoms with Gasteiger partial charge in [-0.2, -0.15) is 11.8 Å². The number of hydrogen-bond donors (Lipinski definition) is 1. The molecule has 0 bridgehead atoms. The van der Waals surface area contributed by atoms with Crippen LogP contribution in [0.5, 0.6) is 0 Å². The Bertz CT molecular complexity index is 1360. The van der Waals surface area contributed by atoms with Crippen molar-refractivity contribution in [1.82, 2.24) is 25.1 Å². The molecule has 1 fully saturated rings. The smallest absolute Gasteiger partial charge is 0.407 e. The van der Waals surface area contributed by atoms with Gasteiger partial charge in [0.15, 0.2) is 0 Å². The third kappa shape index (κ3) is 17.9. The van der Waals surface area contributed by atoms with Crippen molar-refractivity contribution in [3.05, 3.63) is 59.2 Å². The molecule has 0 spiro atoms. The second-order valence-corrected chi connectivity index (χ2v) is 14.0. The molecule has 0 aromatic carbocycles. The summed E-state index contributed by atoms with van der Waals surface area (Å²) < 4.78 is 39.3. The van der Waals surface area contributed by atoms with E-state index in [2.05, 4.69) is 25.1 Å². The van der Waals surface area contributed by atoms with Gasteiger partial charge in [0.05, 0.1) is 78.0 Å². The van der Waals surface area contributed by atoms with Crippen LogP contribution in [0.1, 0.15) is 53.1 Å². The maximum absolute atomic E-state index is 12.1. The first kappa shape index (κ1) is 43.0. The summed E-state index contributed by atoms with van der Waals surface area (Å²) in [5.41, 5.74) is 1.43. The number of hydrogen-bond acceptors (Lipinski definition) is 15. The Morgan fingerprint density at radius 3 is 1.83 bits per heavy atom. The van der Waals surface area contributed by atoms with Crippen molar-refractivity contribution in [3.63, 3.8) is 0 Å². The maximum atomic E-state index is 12.1. The minimum absolute atomic E-state index is 0.209. The van der Waals surface area contributed by atoms with Gasteiger partial charge in [0.25, 0.3) is 0 Å². The standard InChI is InChI=1S/C36H55N5O10S/c1-36(2,3)51-35(44)37-12-23-52-27-30-26-49-19-15-40(24-28-8-6-10-31(38-28)33(42)45-4)13-17-47-21-22-48-18-14-41(16-20-50-30)25-29-9-7-11-32(39-29)34(43)46-5/h6-11,30H,12-27H2,1-5H3,(H,37,44)/t30-/m0/s1. The number of pyridine rings is 2. The van der Waals surface area contributed by atoms with Gasteiger partial charge in [-0.15, -0.1) is 0 Å². The van der Waals surface area contributed by atoms with E-state index in [1.54, 1.807) is 36.0 Å². The predicted octanol–water partition coefficient (Wildman–Crippen LogP) is 3.06. The molecule has 1 aliphatic heterocycles. The lowest BCUT2D eigenvalue weighted by Gasteiger charge is -2.25. The van der Waals surface area contributed by atoms with Crippen molar-refractivity contribution in [2.24, 2.45) is 0 Å². The Morgan fingerprint density at radius 2 is 1.31 bits per heavy atom. The first-order valence-corrected chi connectivity index (χ1v) is 18.6. The van der Waals surface area contributed by atoms with Crippen LogP contribution in [0.15, 0.2) is 36.4 Å². The van der Waals surface area contributed by atoms with Crippen LogP contribution in [-0.4, -0.2) is 154 Å². The van der Waals surface area contributed by atoms with Gasteiger partial charge in [-0.05, 0) is 45.0 Å². The highest BCUT2D eigenvalue weighted by Gasteiger charge is 2.18. The van der Waals surface area contributed by atoms with Gasteiger partial charge < -0.3 is 38.5 Å². The largest absolute Gasteiger partial charge is 0.464 e. The zero-order valence-corrected chi connectivity index (χ0v) is 32.0. The molecule has 1 amide bonds. The number of ether oxygens (including phenoxy) is 7. The van der Waals surface area contributed by atoms with Crippen LogP contribution in [0.25, 0.3) is 0 Å². The van der Waals surface area contributed by atoms with Gasteiger partial charge in [-0.25, -0.2) is 24.4 Å². The van der Waals surface area contributed by atoms with Crippen molar-refractivity contribution in [2.45, 2.75) is 45.6 Å². The normalized spacial score (nSPS) is 18.1. The Kier molecular flexibility index (Phi) is 19.9. The molecule has 1 N–H and O–H groups in total. The van der Waals surface area contributed by atoms with Crippen molar-refractivity contribution < 1.29 is 47.5 Å². The Hall–Kier alpha value is -3.38. The molecule has 0 aliphatic carbocycles. The lowest BCUT2D eigenvalue weighted by atomic mass is 10.2. The average Bonchev–Trinajstić information content (AvgIpc) is 3.12. The van der Waals surface area contributed by atoms with Crippen LogP contribution in [0.2, 0.25) is 0 Å². The number of alkyl carbamates (subject to hydrolysis) is 1. The lowest BCUT2D eigenvalue weighted by Crippen LogP contribution is -2.35. The summed E-state index contributed by atoms with van der Waals surface area (Å²) in [6, 6.07) is 10.6. The molecular formula is C36H55N5O10S. The number of rotatable bonds is 11. The number of thioether (sulfide) groups is 1. The van der Waals surface area contributed by atoms with Crippen LogP contribution in [-0.2, 0) is 46.2 Å². The number of nitrogens with one attached hydrogen (secondary N) is 1. The van der Waals surface area contributed by atoms with E-state index in [1.807, 2.05) is 32.9 Å². The Morgan fingerprint density at radius 1 is 0.788 bits per heavy atom. The summed E-state index contributed by atoms with van der Waals surface area (Å²) in [6.45, 7) is 12.5. The zero-order chi connectivity index (χ0) is 37.6.